The topological polar surface area (TPSA) is 83.2 Å². The third-order valence-electron chi connectivity index (χ3n) is 3.06. The predicted octanol–water partition coefficient (Wildman–Crippen LogP) is 3.16. The van der Waals surface area contributed by atoms with Gasteiger partial charge in [0.2, 0.25) is 0 Å². The summed E-state index contributed by atoms with van der Waals surface area (Å²) in [7, 11) is 3.13. The fourth-order valence-electron chi connectivity index (χ4n) is 1.86. The van der Waals surface area contributed by atoms with Crippen molar-refractivity contribution in [3.8, 4) is 11.5 Å². The second kappa shape index (κ2) is 7.79. The SMILES string of the molecule is COc1ccc(/C=N\OCc2ccc([N+](=O)[O-])cc2)cc1OC. The zero-order chi connectivity index (χ0) is 16.7. The molecule has 0 atom stereocenters. The van der Waals surface area contributed by atoms with E-state index in [0.29, 0.717) is 11.5 Å². The number of non-ortho nitro benzene ring substituents is 1. The molecule has 0 aromatic heterocycles. The van der Waals surface area contributed by atoms with Crippen molar-refractivity contribution < 1.29 is 19.2 Å². The van der Waals surface area contributed by atoms with Crippen LogP contribution in [0.4, 0.5) is 5.69 Å². The highest BCUT2D eigenvalue weighted by atomic mass is 16.6. The van der Waals surface area contributed by atoms with Gasteiger partial charge in [-0.25, -0.2) is 0 Å². The monoisotopic (exact) mass is 316 g/mol. The highest BCUT2D eigenvalue weighted by molar-refractivity contribution is 5.80. The predicted molar refractivity (Wildman–Crippen MR) is 85.0 cm³/mol. The van der Waals surface area contributed by atoms with Gasteiger partial charge in [0.1, 0.15) is 6.61 Å². The molecule has 0 unspecified atom stereocenters. The van der Waals surface area contributed by atoms with E-state index < -0.39 is 4.92 Å². The lowest BCUT2D eigenvalue weighted by molar-refractivity contribution is -0.384. The molecule has 2 aromatic rings. The van der Waals surface area contributed by atoms with Gasteiger partial charge in [-0.05, 0) is 35.9 Å². The van der Waals surface area contributed by atoms with Crippen molar-refractivity contribution in [1.29, 1.82) is 0 Å². The lowest BCUT2D eigenvalue weighted by Crippen LogP contribution is -1.93. The molecule has 2 rings (SSSR count). The molecule has 7 heteroatoms. The average Bonchev–Trinajstić information content (AvgIpc) is 2.58. The van der Waals surface area contributed by atoms with Gasteiger partial charge in [-0.1, -0.05) is 5.16 Å². The summed E-state index contributed by atoms with van der Waals surface area (Å²) in [6.07, 6.45) is 1.55. The maximum absolute atomic E-state index is 10.6. The minimum Gasteiger partial charge on any atom is -0.493 e. The molecular formula is C16H16N2O5. The summed E-state index contributed by atoms with van der Waals surface area (Å²) in [5.74, 6) is 1.24. The van der Waals surface area contributed by atoms with Gasteiger partial charge < -0.3 is 14.3 Å². The van der Waals surface area contributed by atoms with E-state index in [4.69, 9.17) is 14.3 Å². The molecule has 0 aliphatic carbocycles. The maximum Gasteiger partial charge on any atom is 0.269 e. The Labute approximate surface area is 133 Å². The quantitative estimate of drug-likeness (QED) is 0.445. The summed E-state index contributed by atoms with van der Waals surface area (Å²) in [6.45, 7) is 0.224. The van der Waals surface area contributed by atoms with Gasteiger partial charge in [-0.15, -0.1) is 0 Å². The van der Waals surface area contributed by atoms with Crippen molar-refractivity contribution in [2.75, 3.05) is 14.2 Å². The van der Waals surface area contributed by atoms with Crippen LogP contribution in [0.25, 0.3) is 0 Å². The van der Waals surface area contributed by atoms with E-state index in [1.807, 2.05) is 6.07 Å². The van der Waals surface area contributed by atoms with Crippen LogP contribution < -0.4 is 9.47 Å². The summed E-state index contributed by atoms with van der Waals surface area (Å²) in [5.41, 5.74) is 1.63. The van der Waals surface area contributed by atoms with Crippen molar-refractivity contribution >= 4 is 11.9 Å². The molecule has 0 spiro atoms. The number of rotatable bonds is 7. The van der Waals surface area contributed by atoms with E-state index in [0.717, 1.165) is 11.1 Å². The summed E-state index contributed by atoms with van der Waals surface area (Å²) >= 11 is 0. The number of nitro groups is 1. The van der Waals surface area contributed by atoms with Gasteiger partial charge in [-0.3, -0.25) is 10.1 Å². The Bertz CT molecular complexity index is 698. The highest BCUT2D eigenvalue weighted by Crippen LogP contribution is 2.26. The summed E-state index contributed by atoms with van der Waals surface area (Å²) in [5, 5.41) is 14.4. The maximum atomic E-state index is 10.6. The lowest BCUT2D eigenvalue weighted by Gasteiger charge is -2.07. The molecule has 0 saturated carbocycles. The Hall–Kier alpha value is -3.09. The Morgan fingerprint density at radius 2 is 1.78 bits per heavy atom. The Balaban J connectivity index is 1.93. The van der Waals surface area contributed by atoms with Crippen LogP contribution in [-0.2, 0) is 11.4 Å². The minimum absolute atomic E-state index is 0.0441. The first kappa shape index (κ1) is 16.3. The summed E-state index contributed by atoms with van der Waals surface area (Å²) in [4.78, 5) is 15.3. The number of hydrogen-bond acceptors (Lipinski definition) is 6. The van der Waals surface area contributed by atoms with Crippen LogP contribution in [0, 0.1) is 10.1 Å². The number of oxime groups is 1. The zero-order valence-electron chi connectivity index (χ0n) is 12.8. The van der Waals surface area contributed by atoms with Gasteiger partial charge in [0.15, 0.2) is 11.5 Å². The second-order valence-corrected chi connectivity index (χ2v) is 4.55. The van der Waals surface area contributed by atoms with Crippen LogP contribution in [0.5, 0.6) is 11.5 Å². The van der Waals surface area contributed by atoms with Crippen molar-refractivity contribution in [3.05, 3.63) is 63.7 Å². The normalized spacial score (nSPS) is 10.5. The molecule has 120 valence electrons. The Morgan fingerprint density at radius 1 is 1.09 bits per heavy atom. The zero-order valence-corrected chi connectivity index (χ0v) is 12.8. The van der Waals surface area contributed by atoms with E-state index in [1.165, 1.54) is 12.1 Å². The van der Waals surface area contributed by atoms with Gasteiger partial charge in [0.05, 0.1) is 25.4 Å². The second-order valence-electron chi connectivity index (χ2n) is 4.55. The molecule has 0 bridgehead atoms. The fourth-order valence-corrected chi connectivity index (χ4v) is 1.86. The first-order valence-corrected chi connectivity index (χ1v) is 6.74. The number of methoxy groups -OCH3 is 2. The number of nitro benzene ring substituents is 1. The third kappa shape index (κ3) is 4.44. The molecule has 0 fully saturated rings. The van der Waals surface area contributed by atoms with Crippen molar-refractivity contribution in [2.24, 2.45) is 5.16 Å². The smallest absolute Gasteiger partial charge is 0.269 e. The lowest BCUT2D eigenvalue weighted by atomic mass is 10.2. The van der Waals surface area contributed by atoms with Crippen molar-refractivity contribution in [1.82, 2.24) is 0 Å². The van der Waals surface area contributed by atoms with Crippen LogP contribution in [0.1, 0.15) is 11.1 Å². The van der Waals surface area contributed by atoms with Crippen molar-refractivity contribution in [3.63, 3.8) is 0 Å². The van der Waals surface area contributed by atoms with Gasteiger partial charge >= 0.3 is 0 Å². The molecule has 2 aromatic carbocycles. The largest absolute Gasteiger partial charge is 0.493 e. The third-order valence-corrected chi connectivity index (χ3v) is 3.06. The molecule has 0 saturated heterocycles. The molecule has 0 aliphatic rings. The van der Waals surface area contributed by atoms with Crippen LogP contribution in [0.3, 0.4) is 0 Å². The van der Waals surface area contributed by atoms with E-state index in [9.17, 15) is 10.1 Å². The number of benzene rings is 2. The Morgan fingerprint density at radius 3 is 2.39 bits per heavy atom. The molecule has 0 aliphatic heterocycles. The molecular weight excluding hydrogens is 300 g/mol. The molecule has 0 amide bonds. The van der Waals surface area contributed by atoms with Gasteiger partial charge in [-0.2, -0.15) is 0 Å². The first-order chi connectivity index (χ1) is 11.1. The van der Waals surface area contributed by atoms with Gasteiger partial charge in [0.25, 0.3) is 5.69 Å². The molecule has 0 radical (unpaired) electrons. The highest BCUT2D eigenvalue weighted by Gasteiger charge is 2.04. The minimum atomic E-state index is -0.445. The van der Waals surface area contributed by atoms with Crippen molar-refractivity contribution in [2.45, 2.75) is 6.61 Å². The van der Waals surface area contributed by atoms with E-state index in [2.05, 4.69) is 5.16 Å². The summed E-state index contributed by atoms with van der Waals surface area (Å²) < 4.78 is 10.4. The summed E-state index contributed by atoms with van der Waals surface area (Å²) in [6, 6.07) is 11.5. The van der Waals surface area contributed by atoms with Crippen LogP contribution >= 0.6 is 0 Å². The van der Waals surface area contributed by atoms with Crippen LogP contribution in [0.15, 0.2) is 47.6 Å². The molecule has 7 nitrogen and oxygen atoms in total. The number of ether oxygens (including phenoxy) is 2. The van der Waals surface area contributed by atoms with E-state index in [1.54, 1.807) is 44.7 Å². The fraction of sp³-hybridized carbons (Fsp3) is 0.188. The van der Waals surface area contributed by atoms with Gasteiger partial charge in [0, 0.05) is 17.7 Å². The standard InChI is InChI=1S/C16H16N2O5/c1-21-15-8-5-13(9-16(15)22-2)10-17-23-11-12-3-6-14(7-4-12)18(19)20/h3-10H,11H2,1-2H3/b17-10-. The average molecular weight is 316 g/mol. The first-order valence-electron chi connectivity index (χ1n) is 6.74. The number of hydrogen-bond donors (Lipinski definition) is 0. The van der Waals surface area contributed by atoms with Crippen LogP contribution in [0.2, 0.25) is 0 Å². The van der Waals surface area contributed by atoms with E-state index >= 15 is 0 Å². The number of nitrogens with zero attached hydrogens (tertiary/aromatic N) is 2. The molecule has 23 heavy (non-hydrogen) atoms. The molecule has 0 heterocycles. The molecule has 0 N–H and O–H groups in total. The van der Waals surface area contributed by atoms with E-state index in [-0.39, 0.29) is 12.3 Å². The Kier molecular flexibility index (Phi) is 5.51. The van der Waals surface area contributed by atoms with Crippen LogP contribution in [-0.4, -0.2) is 25.4 Å².